The minimum absolute atomic E-state index is 0.0666. The summed E-state index contributed by atoms with van der Waals surface area (Å²) in [7, 11) is -3.69. The summed E-state index contributed by atoms with van der Waals surface area (Å²) in [6.07, 6.45) is 3.72. The second-order valence-electron chi connectivity index (χ2n) is 5.68. The standard InChI is InChI=1S/C18H18N2O5S/c19-26(22,23)15-5-1-13(2-6-15)9-10-20-18(21)8-4-14-3-7-16-17(11-14)25-12-24-16/h1-8,11H,9-10,12H2,(H,20,21)(H2,19,22,23)/b8-4+. The summed E-state index contributed by atoms with van der Waals surface area (Å²) in [5, 5.41) is 7.82. The van der Waals surface area contributed by atoms with Crippen molar-refractivity contribution in [3.05, 3.63) is 59.7 Å². The van der Waals surface area contributed by atoms with Gasteiger partial charge in [-0.2, -0.15) is 0 Å². The van der Waals surface area contributed by atoms with Crippen LogP contribution in [0.3, 0.4) is 0 Å². The number of rotatable bonds is 6. The predicted molar refractivity (Wildman–Crippen MR) is 96.1 cm³/mol. The van der Waals surface area contributed by atoms with Crippen molar-refractivity contribution in [3.63, 3.8) is 0 Å². The Morgan fingerprint density at radius 1 is 1.12 bits per heavy atom. The molecule has 0 aliphatic carbocycles. The Bertz CT molecular complexity index is 937. The van der Waals surface area contributed by atoms with Crippen molar-refractivity contribution >= 4 is 22.0 Å². The fourth-order valence-corrected chi connectivity index (χ4v) is 2.94. The van der Waals surface area contributed by atoms with Crippen LogP contribution < -0.4 is 19.9 Å². The van der Waals surface area contributed by atoms with E-state index < -0.39 is 10.0 Å². The monoisotopic (exact) mass is 374 g/mol. The van der Waals surface area contributed by atoms with E-state index in [0.717, 1.165) is 11.1 Å². The van der Waals surface area contributed by atoms with Crippen molar-refractivity contribution in [1.82, 2.24) is 5.32 Å². The molecule has 8 heteroatoms. The lowest BCUT2D eigenvalue weighted by atomic mass is 10.1. The Morgan fingerprint density at radius 2 is 1.85 bits per heavy atom. The van der Waals surface area contributed by atoms with E-state index in [1.54, 1.807) is 30.3 Å². The van der Waals surface area contributed by atoms with Gasteiger partial charge in [-0.1, -0.05) is 18.2 Å². The van der Waals surface area contributed by atoms with Crippen molar-refractivity contribution in [3.8, 4) is 11.5 Å². The summed E-state index contributed by atoms with van der Waals surface area (Å²) in [6.45, 7) is 0.639. The first-order valence-electron chi connectivity index (χ1n) is 7.89. The molecule has 1 aliphatic rings. The van der Waals surface area contributed by atoms with Crippen LogP contribution >= 0.6 is 0 Å². The van der Waals surface area contributed by atoms with Crippen LogP contribution in [-0.4, -0.2) is 27.7 Å². The van der Waals surface area contributed by atoms with Gasteiger partial charge >= 0.3 is 0 Å². The Labute approximate surface area is 151 Å². The third kappa shape index (κ3) is 4.62. The predicted octanol–water partition coefficient (Wildman–Crippen LogP) is 1.43. The van der Waals surface area contributed by atoms with Crippen molar-refractivity contribution in [1.29, 1.82) is 0 Å². The molecule has 2 aromatic carbocycles. The number of amides is 1. The molecule has 0 atom stereocenters. The topological polar surface area (TPSA) is 108 Å². The fourth-order valence-electron chi connectivity index (χ4n) is 2.42. The van der Waals surface area contributed by atoms with E-state index in [-0.39, 0.29) is 17.6 Å². The summed E-state index contributed by atoms with van der Waals surface area (Å²) in [6, 6.07) is 11.7. The van der Waals surface area contributed by atoms with Crippen molar-refractivity contribution in [2.45, 2.75) is 11.3 Å². The Balaban J connectivity index is 1.48. The number of primary sulfonamides is 1. The highest BCUT2D eigenvalue weighted by Gasteiger charge is 2.12. The van der Waals surface area contributed by atoms with E-state index in [1.807, 2.05) is 6.07 Å². The third-order valence-electron chi connectivity index (χ3n) is 3.79. The van der Waals surface area contributed by atoms with Gasteiger partial charge in [-0.3, -0.25) is 4.79 Å². The number of nitrogens with one attached hydrogen (secondary N) is 1. The van der Waals surface area contributed by atoms with Crippen LogP contribution in [0, 0.1) is 0 Å². The van der Waals surface area contributed by atoms with E-state index in [1.165, 1.54) is 18.2 Å². The van der Waals surface area contributed by atoms with Gasteiger partial charge in [-0.05, 0) is 47.9 Å². The first kappa shape index (κ1) is 18.0. The lowest BCUT2D eigenvalue weighted by molar-refractivity contribution is -0.116. The van der Waals surface area contributed by atoms with E-state index >= 15 is 0 Å². The molecule has 0 spiro atoms. The van der Waals surface area contributed by atoms with Gasteiger partial charge in [0.1, 0.15) is 0 Å². The molecule has 26 heavy (non-hydrogen) atoms. The number of sulfonamides is 1. The molecule has 0 aromatic heterocycles. The number of nitrogens with two attached hydrogens (primary N) is 1. The van der Waals surface area contributed by atoms with Gasteiger partial charge in [0.25, 0.3) is 0 Å². The number of hydrogen-bond donors (Lipinski definition) is 2. The van der Waals surface area contributed by atoms with Crippen LogP contribution in [0.5, 0.6) is 11.5 Å². The molecule has 1 heterocycles. The zero-order chi connectivity index (χ0) is 18.6. The van der Waals surface area contributed by atoms with E-state index in [4.69, 9.17) is 14.6 Å². The van der Waals surface area contributed by atoms with Crippen LogP contribution in [0.1, 0.15) is 11.1 Å². The smallest absolute Gasteiger partial charge is 0.244 e. The molecule has 0 unspecified atom stereocenters. The van der Waals surface area contributed by atoms with Gasteiger partial charge in [0.15, 0.2) is 11.5 Å². The Hall–Kier alpha value is -2.84. The maximum Gasteiger partial charge on any atom is 0.244 e. The van der Waals surface area contributed by atoms with E-state index in [2.05, 4.69) is 5.32 Å². The zero-order valence-corrected chi connectivity index (χ0v) is 14.7. The molecular formula is C18H18N2O5S. The lowest BCUT2D eigenvalue weighted by Gasteiger charge is -2.04. The molecule has 0 saturated heterocycles. The number of benzene rings is 2. The van der Waals surface area contributed by atoms with Crippen molar-refractivity contribution < 1.29 is 22.7 Å². The van der Waals surface area contributed by atoms with Crippen molar-refractivity contribution in [2.75, 3.05) is 13.3 Å². The highest BCUT2D eigenvalue weighted by atomic mass is 32.2. The molecule has 1 aliphatic heterocycles. The number of ether oxygens (including phenoxy) is 2. The number of fused-ring (bicyclic) bond motifs is 1. The average molecular weight is 374 g/mol. The molecule has 0 fully saturated rings. The Kier molecular flexibility index (Phi) is 5.24. The third-order valence-corrected chi connectivity index (χ3v) is 4.72. The lowest BCUT2D eigenvalue weighted by Crippen LogP contribution is -2.23. The van der Waals surface area contributed by atoms with E-state index in [0.29, 0.717) is 24.5 Å². The van der Waals surface area contributed by atoms with Crippen LogP contribution in [0.2, 0.25) is 0 Å². The van der Waals surface area contributed by atoms with Crippen LogP contribution in [0.15, 0.2) is 53.4 Å². The number of carbonyl (C=O) groups excluding carboxylic acids is 1. The number of hydrogen-bond acceptors (Lipinski definition) is 5. The molecule has 0 radical (unpaired) electrons. The van der Waals surface area contributed by atoms with Crippen LogP contribution in [-0.2, 0) is 21.2 Å². The fraction of sp³-hybridized carbons (Fsp3) is 0.167. The molecule has 3 rings (SSSR count). The number of carbonyl (C=O) groups is 1. The molecule has 0 saturated carbocycles. The van der Waals surface area contributed by atoms with Gasteiger partial charge in [-0.25, -0.2) is 13.6 Å². The zero-order valence-electron chi connectivity index (χ0n) is 13.8. The quantitative estimate of drug-likeness (QED) is 0.744. The molecular weight excluding hydrogens is 356 g/mol. The minimum atomic E-state index is -3.69. The highest BCUT2D eigenvalue weighted by Crippen LogP contribution is 2.32. The van der Waals surface area contributed by atoms with Gasteiger partial charge in [0, 0.05) is 12.6 Å². The SMILES string of the molecule is NS(=O)(=O)c1ccc(CCNC(=O)/C=C/c2ccc3c(c2)OCO3)cc1. The molecule has 2 aromatic rings. The van der Waals surface area contributed by atoms with Crippen LogP contribution in [0.4, 0.5) is 0 Å². The van der Waals surface area contributed by atoms with Crippen molar-refractivity contribution in [2.24, 2.45) is 5.14 Å². The van der Waals surface area contributed by atoms with Gasteiger partial charge in [0.05, 0.1) is 4.90 Å². The highest BCUT2D eigenvalue weighted by molar-refractivity contribution is 7.89. The first-order valence-corrected chi connectivity index (χ1v) is 9.44. The summed E-state index contributed by atoms with van der Waals surface area (Å²) < 4.78 is 32.9. The van der Waals surface area contributed by atoms with Gasteiger partial charge in [-0.15, -0.1) is 0 Å². The van der Waals surface area contributed by atoms with Gasteiger partial charge < -0.3 is 14.8 Å². The van der Waals surface area contributed by atoms with Crippen LogP contribution in [0.25, 0.3) is 6.08 Å². The normalized spacial score (nSPS) is 13.1. The second kappa shape index (κ2) is 7.59. The summed E-state index contributed by atoms with van der Waals surface area (Å²) in [4.78, 5) is 11.9. The second-order valence-corrected chi connectivity index (χ2v) is 7.24. The molecule has 136 valence electrons. The minimum Gasteiger partial charge on any atom is -0.454 e. The molecule has 3 N–H and O–H groups in total. The van der Waals surface area contributed by atoms with E-state index in [9.17, 15) is 13.2 Å². The summed E-state index contributed by atoms with van der Waals surface area (Å²) in [5.74, 6) is 1.14. The Morgan fingerprint density at radius 3 is 2.58 bits per heavy atom. The molecule has 7 nitrogen and oxygen atoms in total. The average Bonchev–Trinajstić information content (AvgIpc) is 3.07. The maximum atomic E-state index is 11.9. The largest absolute Gasteiger partial charge is 0.454 e. The summed E-state index contributed by atoms with van der Waals surface area (Å²) in [5.41, 5.74) is 1.74. The molecule has 1 amide bonds. The first-order chi connectivity index (χ1) is 12.4. The molecule has 0 bridgehead atoms. The maximum absolute atomic E-state index is 11.9. The summed E-state index contributed by atoms with van der Waals surface area (Å²) >= 11 is 0. The van der Waals surface area contributed by atoms with Gasteiger partial charge in [0.2, 0.25) is 22.7 Å².